The summed E-state index contributed by atoms with van der Waals surface area (Å²) >= 11 is 5.59. The van der Waals surface area contributed by atoms with Crippen molar-refractivity contribution in [1.82, 2.24) is 0 Å². The van der Waals surface area contributed by atoms with E-state index in [4.69, 9.17) is 27.4 Å². The second kappa shape index (κ2) is 8.20. The van der Waals surface area contributed by atoms with Crippen LogP contribution in [-0.2, 0) is 4.79 Å². The first-order chi connectivity index (χ1) is 14.1. The summed E-state index contributed by atoms with van der Waals surface area (Å²) in [5, 5.41) is 3.65. The van der Waals surface area contributed by atoms with Crippen molar-refractivity contribution in [2.75, 3.05) is 16.8 Å². The molecule has 29 heavy (non-hydrogen) atoms. The van der Waals surface area contributed by atoms with Crippen LogP contribution in [0.5, 0.6) is 17.2 Å². The number of primary amides is 1. The van der Waals surface area contributed by atoms with Crippen LogP contribution in [0.25, 0.3) is 0 Å². The molecule has 6 nitrogen and oxygen atoms in total. The third kappa shape index (κ3) is 4.30. The summed E-state index contributed by atoms with van der Waals surface area (Å²) in [6, 6.07) is 24.4. The monoisotopic (exact) mass is 405 g/mol. The molecule has 0 aliphatic carbocycles. The molecule has 0 fully saturated rings. The first kappa shape index (κ1) is 18.8. The average Bonchev–Trinajstić information content (AvgIpc) is 2.75. The van der Waals surface area contributed by atoms with Crippen molar-refractivity contribution >= 4 is 34.6 Å². The molecule has 0 saturated heterocycles. The highest BCUT2D eigenvalue weighted by atomic mass is 32.1. The number of amides is 1. The molecule has 0 radical (unpaired) electrons. The zero-order valence-electron chi connectivity index (χ0n) is 15.4. The number of thiocarbonyl (C=S) groups is 1. The molecule has 1 heterocycles. The lowest BCUT2D eigenvalue weighted by Gasteiger charge is -2.35. The van der Waals surface area contributed by atoms with Crippen molar-refractivity contribution < 1.29 is 14.3 Å². The van der Waals surface area contributed by atoms with Gasteiger partial charge >= 0.3 is 0 Å². The third-order valence-corrected chi connectivity index (χ3v) is 4.74. The Morgan fingerprint density at radius 2 is 1.66 bits per heavy atom. The Morgan fingerprint density at radius 3 is 2.38 bits per heavy atom. The van der Waals surface area contributed by atoms with Gasteiger partial charge in [0.15, 0.2) is 11.2 Å². The van der Waals surface area contributed by atoms with Gasteiger partial charge in [0, 0.05) is 5.69 Å². The standard InChI is InChI=1S/C22H19N3O3S/c23-21(26)20-14-25(18-8-4-5-9-19(18)28-20)22(29)24-15-10-12-17(13-11-15)27-16-6-2-1-3-7-16/h1-13,20H,14H2,(H2,23,26)(H,24,29). The Labute approximate surface area is 173 Å². The molecule has 4 rings (SSSR count). The van der Waals surface area contributed by atoms with Crippen LogP contribution in [0, 0.1) is 0 Å². The Hall–Kier alpha value is -3.58. The van der Waals surface area contributed by atoms with Gasteiger partial charge in [-0.2, -0.15) is 0 Å². The number of para-hydroxylation sites is 3. The van der Waals surface area contributed by atoms with Gasteiger partial charge in [-0.05, 0) is 60.7 Å². The Bertz CT molecular complexity index is 1020. The summed E-state index contributed by atoms with van der Waals surface area (Å²) in [4.78, 5) is 13.5. The summed E-state index contributed by atoms with van der Waals surface area (Å²) in [6.07, 6.45) is -0.772. The van der Waals surface area contributed by atoms with Gasteiger partial charge in [0.25, 0.3) is 5.91 Å². The topological polar surface area (TPSA) is 76.8 Å². The second-order valence-corrected chi connectivity index (χ2v) is 6.84. The van der Waals surface area contributed by atoms with Crippen LogP contribution in [-0.4, -0.2) is 23.7 Å². The number of hydrogen-bond donors (Lipinski definition) is 2. The van der Waals surface area contributed by atoms with Crippen molar-refractivity contribution in [1.29, 1.82) is 0 Å². The minimum absolute atomic E-state index is 0.243. The fourth-order valence-electron chi connectivity index (χ4n) is 3.00. The highest BCUT2D eigenvalue weighted by Gasteiger charge is 2.31. The number of nitrogens with zero attached hydrogens (tertiary/aromatic N) is 1. The molecule has 1 atom stereocenters. The van der Waals surface area contributed by atoms with Gasteiger partial charge in [0.05, 0.1) is 12.2 Å². The quantitative estimate of drug-likeness (QED) is 0.641. The number of benzene rings is 3. The van der Waals surface area contributed by atoms with E-state index >= 15 is 0 Å². The van der Waals surface area contributed by atoms with Crippen molar-refractivity contribution in [3.8, 4) is 17.2 Å². The summed E-state index contributed by atoms with van der Waals surface area (Å²) in [6.45, 7) is 0.243. The van der Waals surface area contributed by atoms with Crippen LogP contribution in [0.1, 0.15) is 0 Å². The van der Waals surface area contributed by atoms with Gasteiger partial charge in [0.2, 0.25) is 0 Å². The van der Waals surface area contributed by atoms with E-state index in [1.165, 1.54) is 0 Å². The SMILES string of the molecule is NC(=O)C1CN(C(=S)Nc2ccc(Oc3ccccc3)cc2)c2ccccc2O1. The fourth-order valence-corrected chi connectivity index (χ4v) is 3.29. The van der Waals surface area contributed by atoms with E-state index in [0.717, 1.165) is 22.9 Å². The van der Waals surface area contributed by atoms with Gasteiger partial charge < -0.3 is 25.4 Å². The van der Waals surface area contributed by atoms with Crippen molar-refractivity contribution in [2.24, 2.45) is 5.73 Å². The Balaban J connectivity index is 1.48. The summed E-state index contributed by atoms with van der Waals surface area (Å²) in [7, 11) is 0. The number of nitrogens with one attached hydrogen (secondary N) is 1. The maximum absolute atomic E-state index is 11.7. The zero-order valence-corrected chi connectivity index (χ0v) is 16.3. The van der Waals surface area contributed by atoms with Crippen LogP contribution < -0.4 is 25.4 Å². The first-order valence-electron chi connectivity index (χ1n) is 9.06. The molecule has 0 aromatic heterocycles. The molecule has 1 aliphatic rings. The number of ether oxygens (including phenoxy) is 2. The molecule has 0 bridgehead atoms. The van der Waals surface area contributed by atoms with E-state index in [-0.39, 0.29) is 6.54 Å². The van der Waals surface area contributed by atoms with E-state index in [2.05, 4.69) is 5.32 Å². The van der Waals surface area contributed by atoms with Crippen LogP contribution >= 0.6 is 12.2 Å². The highest BCUT2D eigenvalue weighted by Crippen LogP contribution is 2.33. The highest BCUT2D eigenvalue weighted by molar-refractivity contribution is 7.80. The zero-order chi connectivity index (χ0) is 20.2. The molecule has 1 aliphatic heterocycles. The van der Waals surface area contributed by atoms with E-state index < -0.39 is 12.0 Å². The van der Waals surface area contributed by atoms with Crippen molar-refractivity contribution in [2.45, 2.75) is 6.10 Å². The number of anilines is 2. The molecular formula is C22H19N3O3S. The largest absolute Gasteiger partial charge is 0.477 e. The molecule has 3 N–H and O–H groups in total. The molecule has 1 amide bonds. The first-order valence-corrected chi connectivity index (χ1v) is 9.47. The molecule has 3 aromatic rings. The summed E-state index contributed by atoms with van der Waals surface area (Å²) < 4.78 is 11.5. The normalized spacial score (nSPS) is 15.0. The average molecular weight is 405 g/mol. The lowest BCUT2D eigenvalue weighted by Crippen LogP contribution is -2.50. The number of fused-ring (bicyclic) bond motifs is 1. The van der Waals surface area contributed by atoms with Crippen molar-refractivity contribution in [3.05, 3.63) is 78.9 Å². The molecule has 3 aromatic carbocycles. The molecule has 1 unspecified atom stereocenters. The van der Waals surface area contributed by atoms with Crippen LogP contribution in [0.3, 0.4) is 0 Å². The Kier molecular flexibility index (Phi) is 5.31. The van der Waals surface area contributed by atoms with Crippen molar-refractivity contribution in [3.63, 3.8) is 0 Å². The van der Waals surface area contributed by atoms with Crippen LogP contribution in [0.15, 0.2) is 78.9 Å². The maximum atomic E-state index is 11.7. The number of nitrogens with two attached hydrogens (primary N) is 1. The van der Waals surface area contributed by atoms with Crippen LogP contribution in [0.2, 0.25) is 0 Å². The molecule has 146 valence electrons. The maximum Gasteiger partial charge on any atom is 0.260 e. The van der Waals surface area contributed by atoms with Gasteiger partial charge in [-0.25, -0.2) is 0 Å². The lowest BCUT2D eigenvalue weighted by molar-refractivity contribution is -0.124. The predicted molar refractivity (Wildman–Crippen MR) is 117 cm³/mol. The Morgan fingerprint density at radius 1 is 1.00 bits per heavy atom. The minimum Gasteiger partial charge on any atom is -0.477 e. The van der Waals surface area contributed by atoms with E-state index in [1.807, 2.05) is 77.7 Å². The molecule has 7 heteroatoms. The minimum atomic E-state index is -0.772. The number of hydrogen-bond acceptors (Lipinski definition) is 4. The van der Waals surface area contributed by atoms with Gasteiger partial charge in [-0.3, -0.25) is 4.79 Å². The molecule has 0 spiro atoms. The van der Waals surface area contributed by atoms with E-state index in [9.17, 15) is 4.79 Å². The number of carbonyl (C=O) groups is 1. The third-order valence-electron chi connectivity index (χ3n) is 4.42. The molecule has 0 saturated carbocycles. The molecular weight excluding hydrogens is 386 g/mol. The van der Waals surface area contributed by atoms with E-state index in [1.54, 1.807) is 6.07 Å². The fraction of sp³-hybridized carbons (Fsp3) is 0.0909. The van der Waals surface area contributed by atoms with Gasteiger partial charge in [-0.15, -0.1) is 0 Å². The predicted octanol–water partition coefficient (Wildman–Crippen LogP) is 3.93. The second-order valence-electron chi connectivity index (χ2n) is 6.46. The van der Waals surface area contributed by atoms with Gasteiger partial charge in [0.1, 0.15) is 17.2 Å². The summed E-state index contributed by atoms with van der Waals surface area (Å²) in [5.41, 5.74) is 7.04. The van der Waals surface area contributed by atoms with E-state index in [0.29, 0.717) is 10.9 Å². The summed E-state index contributed by atoms with van der Waals surface area (Å²) in [5.74, 6) is 1.53. The number of carbonyl (C=O) groups excluding carboxylic acids is 1. The number of rotatable bonds is 4. The lowest BCUT2D eigenvalue weighted by atomic mass is 10.2. The smallest absolute Gasteiger partial charge is 0.260 e. The van der Waals surface area contributed by atoms with Gasteiger partial charge in [-0.1, -0.05) is 30.3 Å². The van der Waals surface area contributed by atoms with Crippen LogP contribution in [0.4, 0.5) is 11.4 Å².